The quantitative estimate of drug-likeness (QED) is 0.371. The third kappa shape index (κ3) is 2.83. The zero-order valence-electron chi connectivity index (χ0n) is 15.2. The van der Waals surface area contributed by atoms with E-state index in [0.717, 1.165) is 12.1 Å². The lowest BCUT2D eigenvalue weighted by Crippen LogP contribution is -2.09. The number of carbonyl (C=O) groups is 1. The fourth-order valence-corrected chi connectivity index (χ4v) is 3.56. The molecule has 4 aromatic rings. The number of benzene rings is 2. The standard InChI is InChI=1S/C22H12F4N2O2/c23-14-7-8-16-15(10-14)20(18-19(27-16)17-2-1-9-28(17)21(18)29)30-11-12-3-5-13(6-4-12)22(24,25)26/h1-10H,11H2. The van der Waals surface area contributed by atoms with Crippen molar-refractivity contribution in [3.63, 3.8) is 0 Å². The fraction of sp³-hybridized carbons (Fsp3) is 0.0909. The van der Waals surface area contributed by atoms with E-state index < -0.39 is 17.6 Å². The van der Waals surface area contributed by atoms with Crippen LogP contribution in [0.1, 0.15) is 21.5 Å². The molecule has 0 saturated carbocycles. The van der Waals surface area contributed by atoms with Crippen molar-refractivity contribution in [2.24, 2.45) is 0 Å². The number of hydrogen-bond donors (Lipinski definition) is 0. The normalized spacial score (nSPS) is 12.9. The first-order valence-corrected chi connectivity index (χ1v) is 8.97. The monoisotopic (exact) mass is 412 g/mol. The molecule has 1 aliphatic heterocycles. The molecule has 0 saturated heterocycles. The van der Waals surface area contributed by atoms with Gasteiger partial charge in [-0.25, -0.2) is 9.37 Å². The predicted octanol–water partition coefficient (Wildman–Crippen LogP) is 5.44. The van der Waals surface area contributed by atoms with E-state index >= 15 is 0 Å². The Kier molecular flexibility index (Phi) is 3.92. The average molecular weight is 412 g/mol. The third-order valence-corrected chi connectivity index (χ3v) is 4.99. The van der Waals surface area contributed by atoms with Crippen LogP contribution in [0, 0.1) is 5.82 Å². The Morgan fingerprint density at radius 1 is 1.03 bits per heavy atom. The summed E-state index contributed by atoms with van der Waals surface area (Å²) in [5, 5.41) is 0.319. The van der Waals surface area contributed by atoms with Crippen LogP contribution in [0.5, 0.6) is 5.75 Å². The number of aromatic nitrogens is 2. The highest BCUT2D eigenvalue weighted by Crippen LogP contribution is 2.41. The summed E-state index contributed by atoms with van der Waals surface area (Å²) < 4.78 is 59.5. The molecule has 0 atom stereocenters. The molecule has 0 unspecified atom stereocenters. The zero-order chi connectivity index (χ0) is 21.0. The minimum Gasteiger partial charge on any atom is -0.487 e. The molecule has 0 radical (unpaired) electrons. The first-order chi connectivity index (χ1) is 14.3. The molecule has 0 bridgehead atoms. The van der Waals surface area contributed by atoms with Gasteiger partial charge in [-0.15, -0.1) is 0 Å². The van der Waals surface area contributed by atoms with Gasteiger partial charge in [-0.2, -0.15) is 13.2 Å². The molecule has 2 aromatic heterocycles. The second-order valence-corrected chi connectivity index (χ2v) is 6.88. The molecule has 5 rings (SSSR count). The van der Waals surface area contributed by atoms with E-state index in [1.165, 1.54) is 34.9 Å². The number of fused-ring (bicyclic) bond motifs is 4. The topological polar surface area (TPSA) is 44.1 Å². The Morgan fingerprint density at radius 2 is 1.80 bits per heavy atom. The molecule has 0 aliphatic carbocycles. The van der Waals surface area contributed by atoms with Crippen LogP contribution in [0.25, 0.3) is 22.3 Å². The maximum Gasteiger partial charge on any atom is 0.416 e. The van der Waals surface area contributed by atoms with Crippen LogP contribution in [0.4, 0.5) is 17.6 Å². The highest BCUT2D eigenvalue weighted by molar-refractivity contribution is 6.13. The molecule has 1 aliphatic rings. The molecule has 30 heavy (non-hydrogen) atoms. The van der Waals surface area contributed by atoms with Gasteiger partial charge in [0.2, 0.25) is 0 Å². The molecule has 150 valence electrons. The summed E-state index contributed by atoms with van der Waals surface area (Å²) in [5.41, 5.74) is 1.38. The lowest BCUT2D eigenvalue weighted by Gasteiger charge is -2.14. The second-order valence-electron chi connectivity index (χ2n) is 6.88. The fourth-order valence-electron chi connectivity index (χ4n) is 3.56. The van der Waals surface area contributed by atoms with Crippen molar-refractivity contribution in [1.29, 1.82) is 0 Å². The van der Waals surface area contributed by atoms with Gasteiger partial charge in [0.25, 0.3) is 5.91 Å². The van der Waals surface area contributed by atoms with E-state index in [2.05, 4.69) is 4.98 Å². The minimum absolute atomic E-state index is 0.0949. The summed E-state index contributed by atoms with van der Waals surface area (Å²) in [4.78, 5) is 17.4. The molecule has 0 amide bonds. The van der Waals surface area contributed by atoms with E-state index in [-0.39, 0.29) is 23.8 Å². The molecule has 2 aromatic carbocycles. The van der Waals surface area contributed by atoms with Crippen LogP contribution < -0.4 is 4.74 Å². The number of nitrogens with zero attached hydrogens (tertiary/aromatic N) is 2. The first kappa shape index (κ1) is 18.4. The SMILES string of the molecule is O=C1c2c(nc3ccc(F)cc3c2OCc2ccc(C(F)(F)F)cc2)-c2cccn21. The molecule has 0 N–H and O–H groups in total. The van der Waals surface area contributed by atoms with Gasteiger partial charge in [0.15, 0.2) is 0 Å². The summed E-state index contributed by atoms with van der Waals surface area (Å²) >= 11 is 0. The van der Waals surface area contributed by atoms with Crippen molar-refractivity contribution < 1.29 is 27.1 Å². The van der Waals surface area contributed by atoms with E-state index in [0.29, 0.717) is 27.9 Å². The highest BCUT2D eigenvalue weighted by Gasteiger charge is 2.33. The molecule has 0 fully saturated rings. The Balaban J connectivity index is 1.58. The Morgan fingerprint density at radius 3 is 2.53 bits per heavy atom. The molecular weight excluding hydrogens is 400 g/mol. The summed E-state index contributed by atoms with van der Waals surface area (Å²) in [5.74, 6) is -0.720. The van der Waals surface area contributed by atoms with Crippen molar-refractivity contribution >= 4 is 16.8 Å². The molecule has 3 heterocycles. The van der Waals surface area contributed by atoms with E-state index in [9.17, 15) is 22.4 Å². The smallest absolute Gasteiger partial charge is 0.416 e. The van der Waals surface area contributed by atoms with Crippen molar-refractivity contribution in [3.05, 3.63) is 83.3 Å². The maximum atomic E-state index is 13.9. The van der Waals surface area contributed by atoms with Gasteiger partial charge in [0.05, 0.1) is 16.8 Å². The van der Waals surface area contributed by atoms with Gasteiger partial charge in [-0.3, -0.25) is 9.36 Å². The van der Waals surface area contributed by atoms with Crippen molar-refractivity contribution in [2.75, 3.05) is 0 Å². The number of hydrogen-bond acceptors (Lipinski definition) is 3. The summed E-state index contributed by atoms with van der Waals surface area (Å²) in [6, 6.07) is 12.0. The van der Waals surface area contributed by atoms with Crippen LogP contribution in [0.2, 0.25) is 0 Å². The van der Waals surface area contributed by atoms with Crippen LogP contribution in [0.3, 0.4) is 0 Å². The number of rotatable bonds is 3. The van der Waals surface area contributed by atoms with Crippen molar-refractivity contribution in [1.82, 2.24) is 9.55 Å². The summed E-state index contributed by atoms with van der Waals surface area (Å²) in [6.07, 6.45) is -2.83. The molecular formula is C22H12F4N2O2. The lowest BCUT2D eigenvalue weighted by atomic mass is 10.1. The van der Waals surface area contributed by atoms with Crippen molar-refractivity contribution in [3.8, 4) is 17.1 Å². The third-order valence-electron chi connectivity index (χ3n) is 4.99. The van der Waals surface area contributed by atoms with Gasteiger partial charge in [-0.1, -0.05) is 12.1 Å². The van der Waals surface area contributed by atoms with Crippen LogP contribution in [0.15, 0.2) is 60.8 Å². The first-order valence-electron chi connectivity index (χ1n) is 8.97. The van der Waals surface area contributed by atoms with E-state index in [1.807, 2.05) is 0 Å². The maximum absolute atomic E-state index is 13.9. The van der Waals surface area contributed by atoms with Crippen LogP contribution >= 0.6 is 0 Å². The number of pyridine rings is 1. The van der Waals surface area contributed by atoms with E-state index in [4.69, 9.17) is 4.74 Å². The highest BCUT2D eigenvalue weighted by atomic mass is 19.4. The second kappa shape index (κ2) is 6.41. The lowest BCUT2D eigenvalue weighted by molar-refractivity contribution is -0.137. The Hall–Kier alpha value is -3.68. The molecule has 4 nitrogen and oxygen atoms in total. The number of alkyl halides is 3. The Labute approximate surface area is 167 Å². The van der Waals surface area contributed by atoms with Gasteiger partial charge in [0, 0.05) is 11.6 Å². The van der Waals surface area contributed by atoms with Gasteiger partial charge in [-0.05, 0) is 48.0 Å². The number of carbonyl (C=O) groups excluding carboxylic acids is 1. The molecule has 0 spiro atoms. The van der Waals surface area contributed by atoms with Gasteiger partial charge < -0.3 is 4.74 Å². The van der Waals surface area contributed by atoms with Crippen molar-refractivity contribution in [2.45, 2.75) is 12.8 Å². The molecule has 8 heteroatoms. The summed E-state index contributed by atoms with van der Waals surface area (Å²) in [6.45, 7) is -0.0949. The predicted molar refractivity (Wildman–Crippen MR) is 101 cm³/mol. The van der Waals surface area contributed by atoms with Gasteiger partial charge >= 0.3 is 6.18 Å². The average Bonchev–Trinajstić information content (AvgIpc) is 3.29. The Bertz CT molecular complexity index is 1310. The number of halogens is 4. The van der Waals surface area contributed by atoms with Gasteiger partial charge in [0.1, 0.15) is 29.4 Å². The minimum atomic E-state index is -4.43. The zero-order valence-corrected chi connectivity index (χ0v) is 15.2. The van der Waals surface area contributed by atoms with Crippen LogP contribution in [-0.2, 0) is 12.8 Å². The van der Waals surface area contributed by atoms with Crippen LogP contribution in [-0.4, -0.2) is 15.5 Å². The summed E-state index contributed by atoms with van der Waals surface area (Å²) in [7, 11) is 0. The van der Waals surface area contributed by atoms with E-state index in [1.54, 1.807) is 18.3 Å². The number of ether oxygens (including phenoxy) is 1. The largest absolute Gasteiger partial charge is 0.487 e.